The van der Waals surface area contributed by atoms with Gasteiger partial charge < -0.3 is 11.1 Å². The molecule has 0 aliphatic rings. The van der Waals surface area contributed by atoms with E-state index >= 15 is 0 Å². The molecule has 0 unspecified atom stereocenters. The number of anilines is 1. The number of hydrogen-bond donors (Lipinski definition) is 2. The summed E-state index contributed by atoms with van der Waals surface area (Å²) in [6.07, 6.45) is 1.67. The predicted octanol–water partition coefficient (Wildman–Crippen LogP) is 1.82. The highest BCUT2D eigenvalue weighted by Crippen LogP contribution is 2.21. The lowest BCUT2D eigenvalue weighted by Gasteiger charge is -2.07. The second kappa shape index (κ2) is 5.45. The molecule has 94 valence electrons. The summed E-state index contributed by atoms with van der Waals surface area (Å²) in [6, 6.07) is 5.72. The minimum absolute atomic E-state index is 0.375. The number of aryl methyl sites for hydroxylation is 1. The Balaban J connectivity index is 2.06. The van der Waals surface area contributed by atoms with Gasteiger partial charge in [0.1, 0.15) is 11.3 Å². The number of nitrogens with one attached hydrogen (secondary N) is 1. The lowest BCUT2D eigenvalue weighted by atomic mass is 10.2. The van der Waals surface area contributed by atoms with Gasteiger partial charge in [0.15, 0.2) is 5.82 Å². The topological polar surface area (TPSA) is 68.8 Å². The Hall–Kier alpha value is -1.47. The summed E-state index contributed by atoms with van der Waals surface area (Å²) in [5.74, 6) is 0.743. The van der Waals surface area contributed by atoms with Crippen LogP contribution in [0.1, 0.15) is 11.4 Å². The van der Waals surface area contributed by atoms with Crippen molar-refractivity contribution in [2.45, 2.75) is 6.54 Å². The van der Waals surface area contributed by atoms with Crippen LogP contribution in [-0.2, 0) is 13.6 Å². The lowest BCUT2D eigenvalue weighted by Crippen LogP contribution is -2.10. The van der Waals surface area contributed by atoms with E-state index in [9.17, 15) is 0 Å². The molecule has 0 spiro atoms. The fourth-order valence-corrected chi connectivity index (χ4v) is 2.37. The molecule has 0 saturated carbocycles. The van der Waals surface area contributed by atoms with Gasteiger partial charge in [0, 0.05) is 22.8 Å². The maximum atomic E-state index is 5.59. The van der Waals surface area contributed by atoms with E-state index in [-0.39, 0.29) is 0 Å². The molecule has 18 heavy (non-hydrogen) atoms. The van der Waals surface area contributed by atoms with Crippen LogP contribution in [0.5, 0.6) is 0 Å². The zero-order valence-corrected chi connectivity index (χ0v) is 12.1. The van der Waals surface area contributed by atoms with Crippen LogP contribution in [0.3, 0.4) is 0 Å². The lowest BCUT2D eigenvalue weighted by molar-refractivity contribution is 0.747. The molecule has 1 heterocycles. The number of nitrogens with zero attached hydrogens (tertiary/aromatic N) is 3. The predicted molar refractivity (Wildman–Crippen MR) is 78.4 cm³/mol. The molecule has 0 amide bonds. The summed E-state index contributed by atoms with van der Waals surface area (Å²) in [5, 5.41) is 7.41. The first kappa shape index (κ1) is 13.0. The Morgan fingerprint density at radius 2 is 2.33 bits per heavy atom. The minimum atomic E-state index is 0.375. The Morgan fingerprint density at radius 3 is 2.89 bits per heavy atom. The second-order valence-electron chi connectivity index (χ2n) is 3.75. The smallest absolute Gasteiger partial charge is 0.169 e. The van der Waals surface area contributed by atoms with E-state index in [2.05, 4.69) is 31.3 Å². The molecule has 7 heteroatoms. The quantitative estimate of drug-likeness (QED) is 0.839. The maximum absolute atomic E-state index is 5.59. The SMILES string of the molecule is Cn1cnc(CNc2ccc(C(N)=S)c(Br)c2)n1. The van der Waals surface area contributed by atoms with Crippen LogP contribution in [0.15, 0.2) is 29.0 Å². The van der Waals surface area contributed by atoms with Gasteiger partial charge in [0.25, 0.3) is 0 Å². The van der Waals surface area contributed by atoms with Gasteiger partial charge in [-0.1, -0.05) is 12.2 Å². The van der Waals surface area contributed by atoms with Crippen LogP contribution in [0.2, 0.25) is 0 Å². The van der Waals surface area contributed by atoms with Crippen LogP contribution >= 0.6 is 28.1 Å². The van der Waals surface area contributed by atoms with Crippen molar-refractivity contribution in [1.29, 1.82) is 0 Å². The van der Waals surface area contributed by atoms with Gasteiger partial charge in [0.05, 0.1) is 6.54 Å². The first-order valence-corrected chi connectivity index (χ1v) is 6.44. The molecular formula is C11H12BrN5S. The van der Waals surface area contributed by atoms with E-state index in [1.165, 1.54) is 0 Å². The van der Waals surface area contributed by atoms with Crippen LogP contribution in [-0.4, -0.2) is 19.8 Å². The van der Waals surface area contributed by atoms with Crippen molar-refractivity contribution in [2.24, 2.45) is 12.8 Å². The molecule has 5 nitrogen and oxygen atoms in total. The number of benzene rings is 1. The van der Waals surface area contributed by atoms with Crippen LogP contribution < -0.4 is 11.1 Å². The summed E-state index contributed by atoms with van der Waals surface area (Å²) in [7, 11) is 1.84. The van der Waals surface area contributed by atoms with Crippen molar-refractivity contribution in [3.05, 3.63) is 40.4 Å². The number of aromatic nitrogens is 3. The fourth-order valence-electron chi connectivity index (χ4n) is 1.47. The zero-order chi connectivity index (χ0) is 13.1. The number of rotatable bonds is 4. The van der Waals surface area contributed by atoms with E-state index in [0.29, 0.717) is 11.5 Å². The molecule has 2 rings (SSSR count). The van der Waals surface area contributed by atoms with Crippen molar-refractivity contribution >= 4 is 38.8 Å². The molecule has 0 aliphatic heterocycles. The van der Waals surface area contributed by atoms with Crippen molar-refractivity contribution in [3.63, 3.8) is 0 Å². The first-order valence-electron chi connectivity index (χ1n) is 5.24. The van der Waals surface area contributed by atoms with Crippen molar-refractivity contribution in [3.8, 4) is 0 Å². The van der Waals surface area contributed by atoms with Crippen LogP contribution in [0.4, 0.5) is 5.69 Å². The second-order valence-corrected chi connectivity index (χ2v) is 5.04. The minimum Gasteiger partial charge on any atom is -0.389 e. The largest absolute Gasteiger partial charge is 0.389 e. The third kappa shape index (κ3) is 3.05. The average molecular weight is 326 g/mol. The fraction of sp³-hybridized carbons (Fsp3) is 0.182. The van der Waals surface area contributed by atoms with Crippen molar-refractivity contribution < 1.29 is 0 Å². The molecule has 0 radical (unpaired) electrons. The van der Waals surface area contributed by atoms with Gasteiger partial charge in [0.2, 0.25) is 0 Å². The number of hydrogen-bond acceptors (Lipinski definition) is 4. The number of thiocarbonyl (C=S) groups is 1. The summed E-state index contributed by atoms with van der Waals surface area (Å²) in [6.45, 7) is 0.569. The Bertz CT molecular complexity index is 581. The molecule has 0 atom stereocenters. The normalized spacial score (nSPS) is 10.3. The van der Waals surface area contributed by atoms with Gasteiger partial charge in [-0.25, -0.2) is 4.98 Å². The zero-order valence-electron chi connectivity index (χ0n) is 9.72. The molecule has 0 saturated heterocycles. The highest BCUT2D eigenvalue weighted by molar-refractivity contribution is 9.10. The molecule has 0 bridgehead atoms. The van der Waals surface area contributed by atoms with Gasteiger partial charge >= 0.3 is 0 Å². The highest BCUT2D eigenvalue weighted by Gasteiger charge is 2.04. The van der Waals surface area contributed by atoms with E-state index in [1.807, 2.05) is 25.2 Å². The molecule has 1 aromatic heterocycles. The Kier molecular flexibility index (Phi) is 3.93. The molecule has 3 N–H and O–H groups in total. The summed E-state index contributed by atoms with van der Waals surface area (Å²) >= 11 is 8.38. The van der Waals surface area contributed by atoms with E-state index in [4.69, 9.17) is 18.0 Å². The van der Waals surface area contributed by atoms with E-state index in [0.717, 1.165) is 21.5 Å². The molecule has 0 aliphatic carbocycles. The average Bonchev–Trinajstić information content (AvgIpc) is 2.72. The first-order chi connectivity index (χ1) is 8.56. The van der Waals surface area contributed by atoms with Crippen LogP contribution in [0.25, 0.3) is 0 Å². The summed E-state index contributed by atoms with van der Waals surface area (Å²) in [4.78, 5) is 4.51. The third-order valence-corrected chi connectivity index (χ3v) is 3.21. The van der Waals surface area contributed by atoms with Crippen molar-refractivity contribution in [1.82, 2.24) is 14.8 Å². The van der Waals surface area contributed by atoms with Gasteiger partial charge in [-0.3, -0.25) is 4.68 Å². The Labute approximate surface area is 119 Å². The van der Waals surface area contributed by atoms with E-state index < -0.39 is 0 Å². The van der Waals surface area contributed by atoms with Crippen molar-refractivity contribution in [2.75, 3.05) is 5.32 Å². The maximum Gasteiger partial charge on any atom is 0.169 e. The Morgan fingerprint density at radius 1 is 1.56 bits per heavy atom. The molecular weight excluding hydrogens is 314 g/mol. The number of nitrogens with two attached hydrogens (primary N) is 1. The van der Waals surface area contributed by atoms with Gasteiger partial charge in [-0.15, -0.1) is 0 Å². The van der Waals surface area contributed by atoms with Crippen LogP contribution in [0, 0.1) is 0 Å². The molecule has 1 aromatic carbocycles. The molecule has 0 fully saturated rings. The summed E-state index contributed by atoms with van der Waals surface area (Å²) < 4.78 is 2.54. The van der Waals surface area contributed by atoms with Gasteiger partial charge in [-0.05, 0) is 34.1 Å². The van der Waals surface area contributed by atoms with Gasteiger partial charge in [-0.2, -0.15) is 5.10 Å². The monoisotopic (exact) mass is 325 g/mol. The third-order valence-electron chi connectivity index (χ3n) is 2.33. The highest BCUT2D eigenvalue weighted by atomic mass is 79.9. The molecule has 2 aromatic rings. The summed E-state index contributed by atoms with van der Waals surface area (Å²) in [5.41, 5.74) is 7.37. The standard InChI is InChI=1S/C11H12BrN5S/c1-17-6-15-10(16-17)5-14-7-2-3-8(11(13)18)9(12)4-7/h2-4,6,14H,5H2,1H3,(H2,13,18). The van der Waals surface area contributed by atoms with E-state index in [1.54, 1.807) is 11.0 Å². The number of halogens is 1.